The van der Waals surface area contributed by atoms with Crippen LogP contribution in [-0.4, -0.2) is 9.97 Å². The smallest absolute Gasteiger partial charge is 0.0715 e. The molecular formula is C40H38N2. The molecular weight excluding hydrogens is 508 g/mol. The first-order valence-electron chi connectivity index (χ1n) is 14.8. The molecule has 2 heterocycles. The minimum absolute atomic E-state index is 0.0451. The fraction of sp³-hybridized carbons (Fsp3) is 0.200. The molecule has 0 unspecified atom stereocenters. The molecule has 2 aromatic heterocycles. The Morgan fingerprint density at radius 2 is 1.00 bits per heavy atom. The minimum atomic E-state index is -0.0451. The van der Waals surface area contributed by atoms with Gasteiger partial charge in [0.15, 0.2) is 0 Å². The maximum atomic E-state index is 5.10. The zero-order chi connectivity index (χ0) is 29.5. The monoisotopic (exact) mass is 546 g/mol. The second-order valence-corrected chi connectivity index (χ2v) is 13.3. The molecule has 0 saturated heterocycles. The highest BCUT2D eigenvalue weighted by Crippen LogP contribution is 2.37. The average molecular weight is 547 g/mol. The Kier molecular flexibility index (Phi) is 7.02. The summed E-state index contributed by atoms with van der Waals surface area (Å²) in [6.45, 7) is 13.3. The molecule has 0 atom stereocenters. The molecule has 0 aliphatic heterocycles. The third-order valence-corrected chi connectivity index (χ3v) is 7.66. The molecule has 2 heteroatoms. The number of benzene rings is 4. The maximum Gasteiger partial charge on any atom is 0.0715 e. The van der Waals surface area contributed by atoms with Gasteiger partial charge in [-0.15, -0.1) is 0 Å². The Morgan fingerprint density at radius 3 is 1.50 bits per heavy atom. The number of hydrogen-bond donors (Lipinski definition) is 0. The average Bonchev–Trinajstić information content (AvgIpc) is 2.98. The van der Waals surface area contributed by atoms with Crippen LogP contribution in [0.15, 0.2) is 115 Å². The Bertz CT molecular complexity index is 1920. The van der Waals surface area contributed by atoms with Crippen LogP contribution in [0.5, 0.6) is 0 Å². The largest absolute Gasteiger partial charge is 0.252 e. The highest BCUT2D eigenvalue weighted by Gasteiger charge is 2.19. The highest BCUT2D eigenvalue weighted by atomic mass is 14.7. The molecule has 0 saturated carbocycles. The van der Waals surface area contributed by atoms with Gasteiger partial charge >= 0.3 is 0 Å². The lowest BCUT2D eigenvalue weighted by Gasteiger charge is -2.20. The second kappa shape index (κ2) is 10.7. The summed E-state index contributed by atoms with van der Waals surface area (Å²) in [6.07, 6.45) is 4.37. The fourth-order valence-electron chi connectivity index (χ4n) is 5.35. The van der Waals surface area contributed by atoms with Crippen molar-refractivity contribution < 1.29 is 0 Å². The predicted molar refractivity (Wildman–Crippen MR) is 181 cm³/mol. The lowest BCUT2D eigenvalue weighted by Crippen LogP contribution is -2.13. The van der Waals surface area contributed by atoms with E-state index < -0.39 is 0 Å². The van der Waals surface area contributed by atoms with E-state index in [0.29, 0.717) is 0 Å². The van der Waals surface area contributed by atoms with Crippen molar-refractivity contribution in [1.29, 1.82) is 0 Å². The van der Waals surface area contributed by atoms with Gasteiger partial charge in [-0.3, -0.25) is 4.98 Å². The van der Waals surface area contributed by atoms with Crippen molar-refractivity contribution >= 4 is 27.9 Å². The molecule has 208 valence electrons. The summed E-state index contributed by atoms with van der Waals surface area (Å²) in [7, 11) is 0. The Morgan fingerprint density at radius 1 is 0.500 bits per heavy atom. The molecule has 0 aliphatic rings. The summed E-state index contributed by atoms with van der Waals surface area (Å²) in [5, 5.41) is 2.31. The maximum absolute atomic E-state index is 5.10. The summed E-state index contributed by atoms with van der Waals surface area (Å²) < 4.78 is 0. The van der Waals surface area contributed by atoms with Crippen LogP contribution in [0.4, 0.5) is 0 Å². The quantitative estimate of drug-likeness (QED) is 0.220. The number of nitrogens with zero attached hydrogens (tertiary/aromatic N) is 2. The zero-order valence-electron chi connectivity index (χ0n) is 25.4. The number of allylic oxidation sites excluding steroid dienone is 1. The Labute approximate surface area is 249 Å². The van der Waals surface area contributed by atoms with Gasteiger partial charge in [0.25, 0.3) is 0 Å². The third-order valence-electron chi connectivity index (χ3n) is 7.66. The van der Waals surface area contributed by atoms with Gasteiger partial charge in [-0.05, 0) is 81.3 Å². The Balaban J connectivity index is 1.54. The third kappa shape index (κ3) is 5.76. The van der Waals surface area contributed by atoms with E-state index in [1.54, 1.807) is 0 Å². The van der Waals surface area contributed by atoms with Crippen molar-refractivity contribution in [3.63, 3.8) is 0 Å². The second-order valence-electron chi connectivity index (χ2n) is 13.3. The lowest BCUT2D eigenvalue weighted by atomic mass is 9.88. The highest BCUT2D eigenvalue weighted by molar-refractivity contribution is 6.00. The summed E-state index contributed by atoms with van der Waals surface area (Å²) in [5.41, 5.74) is 11.3. The predicted octanol–water partition coefficient (Wildman–Crippen LogP) is 11.1. The SMILES string of the molecule is CC(C)(C)/C=C/c1cc(-c2ccccc2)c2cc(-c3ccc4nc(C(C)(C)C)cc(-c5ccccc5)c4c3)ccc2n1. The van der Waals surface area contributed by atoms with E-state index in [-0.39, 0.29) is 10.8 Å². The molecule has 0 aliphatic carbocycles. The molecule has 6 rings (SSSR count). The minimum Gasteiger partial charge on any atom is -0.252 e. The Hall–Kier alpha value is -4.56. The van der Waals surface area contributed by atoms with Crippen molar-refractivity contribution in [2.75, 3.05) is 0 Å². The summed E-state index contributed by atoms with van der Waals surface area (Å²) >= 11 is 0. The molecule has 0 amide bonds. The van der Waals surface area contributed by atoms with Crippen LogP contribution >= 0.6 is 0 Å². The molecule has 4 aromatic carbocycles. The number of aromatic nitrogens is 2. The molecule has 2 nitrogen and oxygen atoms in total. The number of hydrogen-bond acceptors (Lipinski definition) is 2. The first-order chi connectivity index (χ1) is 20.0. The molecule has 0 bridgehead atoms. The van der Waals surface area contributed by atoms with Gasteiger partial charge in [0.05, 0.1) is 16.7 Å². The van der Waals surface area contributed by atoms with E-state index in [4.69, 9.17) is 9.97 Å². The normalized spacial score (nSPS) is 12.4. The van der Waals surface area contributed by atoms with E-state index in [0.717, 1.165) is 33.2 Å². The van der Waals surface area contributed by atoms with Crippen molar-refractivity contribution in [1.82, 2.24) is 9.97 Å². The van der Waals surface area contributed by atoms with Gasteiger partial charge in [0, 0.05) is 21.9 Å². The van der Waals surface area contributed by atoms with Crippen LogP contribution in [0.2, 0.25) is 0 Å². The lowest BCUT2D eigenvalue weighted by molar-refractivity contribution is 0.547. The van der Waals surface area contributed by atoms with Gasteiger partial charge in [-0.1, -0.05) is 120 Å². The van der Waals surface area contributed by atoms with Crippen LogP contribution < -0.4 is 0 Å². The first kappa shape index (κ1) is 27.6. The number of fused-ring (bicyclic) bond motifs is 2. The van der Waals surface area contributed by atoms with Crippen LogP contribution in [-0.2, 0) is 5.41 Å². The fourth-order valence-corrected chi connectivity index (χ4v) is 5.35. The van der Waals surface area contributed by atoms with Crippen molar-refractivity contribution in [2.45, 2.75) is 47.0 Å². The van der Waals surface area contributed by atoms with E-state index in [2.05, 4.69) is 163 Å². The number of rotatable bonds is 4. The van der Waals surface area contributed by atoms with Crippen molar-refractivity contribution in [2.24, 2.45) is 5.41 Å². The van der Waals surface area contributed by atoms with Gasteiger partial charge in [0.1, 0.15) is 0 Å². The van der Waals surface area contributed by atoms with Crippen LogP contribution in [0.25, 0.3) is 61.3 Å². The van der Waals surface area contributed by atoms with Gasteiger partial charge in [-0.2, -0.15) is 0 Å². The van der Waals surface area contributed by atoms with Gasteiger partial charge in [-0.25, -0.2) is 4.98 Å². The molecule has 0 fully saturated rings. The zero-order valence-corrected chi connectivity index (χ0v) is 25.4. The van der Waals surface area contributed by atoms with Crippen LogP contribution in [0.1, 0.15) is 52.9 Å². The van der Waals surface area contributed by atoms with Crippen LogP contribution in [0, 0.1) is 5.41 Å². The van der Waals surface area contributed by atoms with E-state index in [1.807, 2.05) is 0 Å². The van der Waals surface area contributed by atoms with Crippen molar-refractivity contribution in [3.05, 3.63) is 127 Å². The van der Waals surface area contributed by atoms with E-state index in [1.165, 1.54) is 33.4 Å². The van der Waals surface area contributed by atoms with Crippen LogP contribution in [0.3, 0.4) is 0 Å². The van der Waals surface area contributed by atoms with E-state index in [9.17, 15) is 0 Å². The molecule has 0 radical (unpaired) electrons. The van der Waals surface area contributed by atoms with Gasteiger partial charge < -0.3 is 0 Å². The molecule has 42 heavy (non-hydrogen) atoms. The molecule has 6 aromatic rings. The number of pyridine rings is 2. The first-order valence-corrected chi connectivity index (χ1v) is 14.8. The summed E-state index contributed by atoms with van der Waals surface area (Å²) in [5.74, 6) is 0. The summed E-state index contributed by atoms with van der Waals surface area (Å²) in [6, 6.07) is 39.1. The van der Waals surface area contributed by atoms with E-state index >= 15 is 0 Å². The van der Waals surface area contributed by atoms with Crippen molar-refractivity contribution in [3.8, 4) is 33.4 Å². The topological polar surface area (TPSA) is 25.8 Å². The van der Waals surface area contributed by atoms with Gasteiger partial charge in [0.2, 0.25) is 0 Å². The summed E-state index contributed by atoms with van der Waals surface area (Å²) in [4.78, 5) is 10.1. The molecule has 0 N–H and O–H groups in total. The standard InChI is InChI=1S/C40H38N2/c1-39(2,3)22-21-31-25-32(27-13-9-7-10-14-27)34-23-29(17-19-36(34)41-31)30-18-20-37-35(24-30)33(28-15-11-8-12-16-28)26-38(42-37)40(4,5)6/h7-26H,1-6H3/b22-21+. The molecule has 0 spiro atoms.